The van der Waals surface area contributed by atoms with E-state index >= 15 is 0 Å². The van der Waals surface area contributed by atoms with Gasteiger partial charge in [0.15, 0.2) is 10.9 Å². The molecule has 0 spiro atoms. The summed E-state index contributed by atoms with van der Waals surface area (Å²) in [7, 11) is 0. The Hall–Kier alpha value is -1.17. The number of rotatable bonds is 6. The quantitative estimate of drug-likeness (QED) is 0.541. The molecule has 0 rings (SSSR count). The maximum absolute atomic E-state index is 11.0. The number of ketones is 1. The van der Waals surface area contributed by atoms with Crippen molar-refractivity contribution in [2.75, 3.05) is 13.1 Å². The molecule has 0 saturated carbocycles. The van der Waals surface area contributed by atoms with Crippen molar-refractivity contribution in [3.63, 3.8) is 0 Å². The topological polar surface area (TPSA) is 78.4 Å². The van der Waals surface area contributed by atoms with Gasteiger partial charge in [-0.3, -0.25) is 9.59 Å². The van der Waals surface area contributed by atoms with Crippen LogP contribution < -0.4 is 10.6 Å². The Morgan fingerprint density at radius 1 is 1.29 bits per heavy atom. The first-order valence-corrected chi connectivity index (χ1v) is 4.72. The molecule has 0 heterocycles. The molecule has 0 bridgehead atoms. The number of hydrogen-bond acceptors (Lipinski definition) is 3. The molecule has 5 nitrogen and oxygen atoms in total. The van der Waals surface area contributed by atoms with Gasteiger partial charge >= 0.3 is 5.97 Å². The second-order valence-corrected chi connectivity index (χ2v) is 3.05. The summed E-state index contributed by atoms with van der Waals surface area (Å²) in [6.07, 6.45) is -0.0917. The summed E-state index contributed by atoms with van der Waals surface area (Å²) >= 11 is 4.82. The number of hydrogen-bond donors (Lipinski definition) is 3. The van der Waals surface area contributed by atoms with Crippen molar-refractivity contribution in [1.82, 2.24) is 10.6 Å². The van der Waals surface area contributed by atoms with Crippen molar-refractivity contribution < 1.29 is 14.7 Å². The second kappa shape index (κ2) is 7.25. The van der Waals surface area contributed by atoms with Gasteiger partial charge in [-0.25, -0.2) is 0 Å². The number of carboxylic acid groups (broad SMARTS) is 1. The Kier molecular flexibility index (Phi) is 6.65. The van der Waals surface area contributed by atoms with E-state index in [0.29, 0.717) is 11.7 Å². The number of carbonyl (C=O) groups excluding carboxylic acids is 1. The lowest BCUT2D eigenvalue weighted by Gasteiger charge is -2.06. The van der Waals surface area contributed by atoms with E-state index in [4.69, 9.17) is 17.3 Å². The predicted molar refractivity (Wildman–Crippen MR) is 56.2 cm³/mol. The fourth-order valence-electron chi connectivity index (χ4n) is 0.737. The average molecular weight is 218 g/mol. The van der Waals surface area contributed by atoms with E-state index in [2.05, 4.69) is 10.6 Å². The van der Waals surface area contributed by atoms with Gasteiger partial charge in [-0.15, -0.1) is 0 Å². The molecule has 0 aliphatic heterocycles. The number of carbonyl (C=O) groups is 2. The molecule has 0 aromatic carbocycles. The highest BCUT2D eigenvalue weighted by atomic mass is 32.1. The molecule has 0 fully saturated rings. The molecule has 0 saturated heterocycles. The third kappa shape index (κ3) is 7.48. The van der Waals surface area contributed by atoms with Crippen LogP contribution in [0.1, 0.15) is 19.8 Å². The molecule has 0 unspecified atom stereocenters. The van der Waals surface area contributed by atoms with E-state index in [1.54, 1.807) is 0 Å². The number of Topliss-reactive ketones (excluding diaryl/α,β-unsaturated/α-hetero) is 1. The van der Waals surface area contributed by atoms with Crippen LogP contribution in [0.4, 0.5) is 0 Å². The molecule has 0 aliphatic carbocycles. The van der Waals surface area contributed by atoms with Gasteiger partial charge in [0.25, 0.3) is 0 Å². The van der Waals surface area contributed by atoms with Crippen molar-refractivity contribution in [2.24, 2.45) is 0 Å². The van der Waals surface area contributed by atoms with Gasteiger partial charge in [0, 0.05) is 13.0 Å². The van der Waals surface area contributed by atoms with Crippen LogP contribution in [-0.4, -0.2) is 35.1 Å². The Morgan fingerprint density at radius 2 is 1.93 bits per heavy atom. The molecule has 0 atom stereocenters. The van der Waals surface area contributed by atoms with Crippen molar-refractivity contribution in [3.8, 4) is 0 Å². The summed E-state index contributed by atoms with van der Waals surface area (Å²) in [6.45, 7) is 2.66. The minimum absolute atomic E-state index is 0.0388. The lowest BCUT2D eigenvalue weighted by atomic mass is 10.2. The van der Waals surface area contributed by atoms with E-state index in [1.165, 1.54) is 0 Å². The zero-order valence-electron chi connectivity index (χ0n) is 8.00. The summed E-state index contributed by atoms with van der Waals surface area (Å²) in [4.78, 5) is 21.2. The summed E-state index contributed by atoms with van der Waals surface area (Å²) < 4.78 is 0. The van der Waals surface area contributed by atoms with Gasteiger partial charge in [-0.2, -0.15) is 0 Å². The van der Waals surface area contributed by atoms with Crippen LogP contribution in [0.5, 0.6) is 0 Å². The fourth-order valence-corrected chi connectivity index (χ4v) is 0.953. The van der Waals surface area contributed by atoms with Crippen molar-refractivity contribution in [3.05, 3.63) is 0 Å². The smallest absolute Gasteiger partial charge is 0.303 e. The van der Waals surface area contributed by atoms with Gasteiger partial charge in [-0.1, -0.05) is 0 Å². The fraction of sp³-hybridized carbons (Fsp3) is 0.625. The highest BCUT2D eigenvalue weighted by molar-refractivity contribution is 7.80. The van der Waals surface area contributed by atoms with Crippen LogP contribution in [0.25, 0.3) is 0 Å². The van der Waals surface area contributed by atoms with E-state index < -0.39 is 5.97 Å². The first-order chi connectivity index (χ1) is 6.56. The first kappa shape index (κ1) is 12.8. The Bertz CT molecular complexity index is 231. The van der Waals surface area contributed by atoms with E-state index in [-0.39, 0.29) is 25.2 Å². The second-order valence-electron chi connectivity index (χ2n) is 2.65. The van der Waals surface area contributed by atoms with Crippen LogP contribution in [-0.2, 0) is 9.59 Å². The highest BCUT2D eigenvalue weighted by Crippen LogP contribution is 1.89. The summed E-state index contributed by atoms with van der Waals surface area (Å²) in [5, 5.41) is 14.2. The van der Waals surface area contributed by atoms with Gasteiger partial charge < -0.3 is 15.7 Å². The van der Waals surface area contributed by atoms with Crippen molar-refractivity contribution >= 4 is 29.1 Å². The zero-order chi connectivity index (χ0) is 11.0. The van der Waals surface area contributed by atoms with Crippen LogP contribution in [0.2, 0.25) is 0 Å². The number of aliphatic carboxylic acids is 1. The average Bonchev–Trinajstić information content (AvgIpc) is 2.12. The maximum Gasteiger partial charge on any atom is 0.303 e. The van der Waals surface area contributed by atoms with Crippen LogP contribution in [0.3, 0.4) is 0 Å². The van der Waals surface area contributed by atoms with E-state index in [0.717, 1.165) is 0 Å². The third-order valence-electron chi connectivity index (χ3n) is 1.40. The van der Waals surface area contributed by atoms with Crippen LogP contribution in [0, 0.1) is 0 Å². The minimum atomic E-state index is -0.965. The largest absolute Gasteiger partial charge is 0.481 e. The Morgan fingerprint density at radius 3 is 2.43 bits per heavy atom. The minimum Gasteiger partial charge on any atom is -0.481 e. The maximum atomic E-state index is 11.0. The molecule has 80 valence electrons. The number of thiocarbonyl (C=S) groups is 1. The molecular formula is C8H14N2O3S. The first-order valence-electron chi connectivity index (χ1n) is 4.31. The standard InChI is InChI=1S/C8H14N2O3S/c1-2-9-8(14)10-5-6(11)3-4-7(12)13/h2-5H2,1H3,(H,12,13)(H2,9,10,14). The highest BCUT2D eigenvalue weighted by Gasteiger charge is 2.05. The number of nitrogens with one attached hydrogen (secondary N) is 2. The molecule has 0 aliphatic rings. The number of carboxylic acids is 1. The van der Waals surface area contributed by atoms with Crippen molar-refractivity contribution in [1.29, 1.82) is 0 Å². The molecule has 0 amide bonds. The molecule has 6 heteroatoms. The third-order valence-corrected chi connectivity index (χ3v) is 1.69. The normalized spacial score (nSPS) is 9.21. The molecule has 0 aromatic rings. The zero-order valence-corrected chi connectivity index (χ0v) is 8.82. The molecule has 3 N–H and O–H groups in total. The summed E-state index contributed by atoms with van der Waals surface area (Å²) in [5.74, 6) is -1.12. The van der Waals surface area contributed by atoms with E-state index in [1.807, 2.05) is 6.92 Å². The van der Waals surface area contributed by atoms with Crippen LogP contribution >= 0.6 is 12.2 Å². The van der Waals surface area contributed by atoms with Gasteiger partial charge in [-0.05, 0) is 19.1 Å². The molecule has 0 aromatic heterocycles. The monoisotopic (exact) mass is 218 g/mol. The van der Waals surface area contributed by atoms with Gasteiger partial charge in [0.05, 0.1) is 13.0 Å². The molecule has 14 heavy (non-hydrogen) atoms. The lowest BCUT2D eigenvalue weighted by molar-refractivity contribution is -0.138. The van der Waals surface area contributed by atoms with Gasteiger partial charge in [0.1, 0.15) is 0 Å². The Labute approximate surface area is 87.9 Å². The lowest BCUT2D eigenvalue weighted by Crippen LogP contribution is -2.38. The molecule has 0 radical (unpaired) electrons. The van der Waals surface area contributed by atoms with E-state index in [9.17, 15) is 9.59 Å². The summed E-state index contributed by atoms with van der Waals surface area (Å²) in [6, 6.07) is 0. The van der Waals surface area contributed by atoms with Crippen LogP contribution in [0.15, 0.2) is 0 Å². The molecular weight excluding hydrogens is 204 g/mol. The van der Waals surface area contributed by atoms with Gasteiger partial charge in [0.2, 0.25) is 0 Å². The van der Waals surface area contributed by atoms with Crippen molar-refractivity contribution in [2.45, 2.75) is 19.8 Å². The Balaban J connectivity index is 3.53. The summed E-state index contributed by atoms with van der Waals surface area (Å²) in [5.41, 5.74) is 0. The SMILES string of the molecule is CCNC(=S)NCC(=O)CCC(=O)O. The predicted octanol–water partition coefficient (Wildman–Crippen LogP) is -0.0957.